The minimum Gasteiger partial charge on any atom is -0.508 e. The van der Waals surface area contributed by atoms with Crippen LogP contribution in [-0.2, 0) is 30.3 Å². The number of phenols is 1. The molecule has 10 nitrogen and oxygen atoms in total. The predicted octanol–water partition coefficient (Wildman–Crippen LogP) is 3.49. The average Bonchev–Trinajstić information content (AvgIpc) is 2.89. The summed E-state index contributed by atoms with van der Waals surface area (Å²) in [5.41, 5.74) is 0.176. The first-order valence-corrected chi connectivity index (χ1v) is 12.9. The van der Waals surface area contributed by atoms with Crippen LogP contribution in [0.4, 0.5) is 4.79 Å². The Morgan fingerprint density at radius 3 is 2.23 bits per heavy atom. The van der Waals surface area contributed by atoms with Crippen LogP contribution in [-0.4, -0.2) is 65.7 Å². The molecular formula is C29H39N3O7. The van der Waals surface area contributed by atoms with Gasteiger partial charge in [0.05, 0.1) is 7.11 Å². The van der Waals surface area contributed by atoms with E-state index in [0.29, 0.717) is 12.8 Å². The van der Waals surface area contributed by atoms with Crippen molar-refractivity contribution in [3.8, 4) is 5.75 Å². The van der Waals surface area contributed by atoms with Gasteiger partial charge in [-0.1, -0.05) is 61.9 Å². The van der Waals surface area contributed by atoms with E-state index in [2.05, 4.69) is 15.4 Å². The molecule has 3 amide bonds. The lowest BCUT2D eigenvalue weighted by atomic mass is 9.99. The summed E-state index contributed by atoms with van der Waals surface area (Å²) in [4.78, 5) is 53.5. The molecule has 2 rings (SSSR count). The number of carbonyl (C=O) groups is 4. The molecule has 0 spiro atoms. The Bertz CT molecular complexity index is 1120. The molecule has 0 fully saturated rings. The molecule has 0 bridgehead atoms. The van der Waals surface area contributed by atoms with E-state index >= 15 is 0 Å². The lowest BCUT2D eigenvalue weighted by Crippen LogP contribution is -2.54. The smallest absolute Gasteiger partial charge is 0.408 e. The first kappa shape index (κ1) is 31.1. The van der Waals surface area contributed by atoms with E-state index < -0.39 is 48.1 Å². The number of rotatable bonds is 12. The molecule has 0 aliphatic heterocycles. The van der Waals surface area contributed by atoms with Crippen LogP contribution in [0.15, 0.2) is 54.6 Å². The van der Waals surface area contributed by atoms with Gasteiger partial charge >= 0.3 is 12.1 Å². The van der Waals surface area contributed by atoms with Gasteiger partial charge in [-0.05, 0) is 38.8 Å². The maximum Gasteiger partial charge on any atom is 0.408 e. The molecule has 39 heavy (non-hydrogen) atoms. The second-order valence-electron chi connectivity index (χ2n) is 10.0. The van der Waals surface area contributed by atoms with Crippen molar-refractivity contribution in [2.24, 2.45) is 0 Å². The van der Waals surface area contributed by atoms with Gasteiger partial charge in [0.25, 0.3) is 0 Å². The normalized spacial score (nSPS) is 12.5. The zero-order valence-electron chi connectivity index (χ0n) is 23.2. The predicted molar refractivity (Wildman–Crippen MR) is 146 cm³/mol. The summed E-state index contributed by atoms with van der Waals surface area (Å²) < 4.78 is 10.0. The quantitative estimate of drug-likeness (QED) is 0.350. The van der Waals surface area contributed by atoms with Gasteiger partial charge in [0.15, 0.2) is 0 Å². The third-order valence-electron chi connectivity index (χ3n) is 5.73. The Balaban J connectivity index is 2.53. The van der Waals surface area contributed by atoms with E-state index in [4.69, 9.17) is 4.74 Å². The molecule has 2 aromatic rings. The number of alkyl carbamates (subject to hydrolysis) is 1. The summed E-state index contributed by atoms with van der Waals surface area (Å²) in [5.74, 6) is -2.08. The molecule has 2 atom stereocenters. The maximum atomic E-state index is 14.2. The monoisotopic (exact) mass is 541 g/mol. The van der Waals surface area contributed by atoms with Crippen molar-refractivity contribution in [3.05, 3.63) is 65.7 Å². The molecule has 0 aromatic heterocycles. The summed E-state index contributed by atoms with van der Waals surface area (Å²) >= 11 is 0. The molecule has 2 unspecified atom stereocenters. The molecule has 10 heteroatoms. The second-order valence-corrected chi connectivity index (χ2v) is 10.0. The molecule has 3 N–H and O–H groups in total. The molecule has 0 radical (unpaired) electrons. The van der Waals surface area contributed by atoms with Crippen molar-refractivity contribution in [1.29, 1.82) is 0 Å². The third kappa shape index (κ3) is 9.96. The number of hydrogen-bond donors (Lipinski definition) is 3. The largest absolute Gasteiger partial charge is 0.508 e. The SMILES string of the molecule is CCCCN(C(=O)C(Cc1ccccc1)NC(=O)OC(C)(C)C)C(C(=O)NCC(=O)OC)c1ccccc1O. The van der Waals surface area contributed by atoms with Crippen molar-refractivity contribution in [1.82, 2.24) is 15.5 Å². The van der Waals surface area contributed by atoms with Crippen LogP contribution in [0.25, 0.3) is 0 Å². The summed E-state index contributed by atoms with van der Waals surface area (Å²) in [6.45, 7) is 6.82. The number of benzene rings is 2. The molecule has 0 saturated heterocycles. The number of nitrogens with one attached hydrogen (secondary N) is 2. The van der Waals surface area contributed by atoms with E-state index in [9.17, 15) is 24.3 Å². The van der Waals surface area contributed by atoms with Crippen LogP contribution >= 0.6 is 0 Å². The van der Waals surface area contributed by atoms with Gasteiger partial charge in [0.2, 0.25) is 11.8 Å². The summed E-state index contributed by atoms with van der Waals surface area (Å²) in [5, 5.41) is 15.8. The lowest BCUT2D eigenvalue weighted by Gasteiger charge is -2.34. The van der Waals surface area contributed by atoms with Crippen LogP contribution in [0, 0.1) is 0 Å². The second kappa shape index (κ2) is 14.8. The van der Waals surface area contributed by atoms with Gasteiger partial charge < -0.3 is 30.1 Å². The first-order valence-electron chi connectivity index (χ1n) is 12.9. The Morgan fingerprint density at radius 2 is 1.64 bits per heavy atom. The molecule has 212 valence electrons. The van der Waals surface area contributed by atoms with Gasteiger partial charge in [-0.25, -0.2) is 4.79 Å². The Labute approximate surface area is 229 Å². The first-order chi connectivity index (χ1) is 18.5. The highest BCUT2D eigenvalue weighted by Gasteiger charge is 2.37. The standard InChI is InChI=1S/C29H39N3O7/c1-6-7-17-32(25(21-15-11-12-16-23(21)33)26(35)30-19-24(34)38-5)27(36)22(18-20-13-9-8-10-14-20)31-28(37)39-29(2,3)4/h8-16,22,25,33H,6-7,17-19H2,1-5H3,(H,30,35)(H,31,37). The van der Waals surface area contributed by atoms with E-state index in [1.54, 1.807) is 32.9 Å². The van der Waals surface area contributed by atoms with Crippen molar-refractivity contribution in [2.45, 2.75) is 64.6 Å². The van der Waals surface area contributed by atoms with E-state index in [-0.39, 0.29) is 24.3 Å². The van der Waals surface area contributed by atoms with E-state index in [1.165, 1.54) is 24.1 Å². The van der Waals surface area contributed by atoms with Crippen LogP contribution in [0.3, 0.4) is 0 Å². The van der Waals surface area contributed by atoms with Crippen molar-refractivity contribution in [3.63, 3.8) is 0 Å². The fourth-order valence-electron chi connectivity index (χ4n) is 3.89. The number of hydrogen-bond acceptors (Lipinski definition) is 7. The number of para-hydroxylation sites is 1. The molecule has 0 aliphatic carbocycles. The molecule has 0 saturated carbocycles. The number of phenolic OH excluding ortho intramolecular Hbond substituents is 1. The molecule has 0 heterocycles. The van der Waals surface area contributed by atoms with Gasteiger partial charge in [-0.3, -0.25) is 14.4 Å². The summed E-state index contributed by atoms with van der Waals surface area (Å²) in [6.07, 6.45) is 0.620. The number of unbranched alkanes of at least 4 members (excludes halogenated alkanes) is 1. The Hall–Kier alpha value is -4.08. The van der Waals surface area contributed by atoms with Crippen molar-refractivity contribution >= 4 is 23.9 Å². The number of ether oxygens (including phenoxy) is 2. The van der Waals surface area contributed by atoms with E-state index in [0.717, 1.165) is 5.56 Å². The molecule has 2 aromatic carbocycles. The third-order valence-corrected chi connectivity index (χ3v) is 5.73. The highest BCUT2D eigenvalue weighted by atomic mass is 16.6. The Kier molecular flexibility index (Phi) is 11.8. The highest BCUT2D eigenvalue weighted by Crippen LogP contribution is 2.30. The Morgan fingerprint density at radius 1 is 1.00 bits per heavy atom. The zero-order valence-corrected chi connectivity index (χ0v) is 23.2. The van der Waals surface area contributed by atoms with Crippen LogP contribution < -0.4 is 10.6 Å². The number of esters is 1. The van der Waals surface area contributed by atoms with Gasteiger partial charge in [0, 0.05) is 18.5 Å². The van der Waals surface area contributed by atoms with Crippen LogP contribution in [0.2, 0.25) is 0 Å². The average molecular weight is 542 g/mol. The fraction of sp³-hybridized carbons (Fsp3) is 0.448. The minimum absolute atomic E-state index is 0.138. The van der Waals surface area contributed by atoms with Crippen molar-refractivity contribution in [2.75, 3.05) is 20.2 Å². The lowest BCUT2D eigenvalue weighted by molar-refractivity contribution is -0.144. The van der Waals surface area contributed by atoms with Crippen LogP contribution in [0.1, 0.15) is 57.7 Å². The van der Waals surface area contributed by atoms with Gasteiger partial charge in [-0.2, -0.15) is 0 Å². The van der Waals surface area contributed by atoms with E-state index in [1.807, 2.05) is 37.3 Å². The minimum atomic E-state index is -1.28. The van der Waals surface area contributed by atoms with Gasteiger partial charge in [0.1, 0.15) is 30.0 Å². The zero-order chi connectivity index (χ0) is 29.0. The van der Waals surface area contributed by atoms with Crippen molar-refractivity contribution < 1.29 is 33.8 Å². The topological polar surface area (TPSA) is 134 Å². The van der Waals surface area contributed by atoms with Crippen LogP contribution in [0.5, 0.6) is 5.75 Å². The fourth-order valence-corrected chi connectivity index (χ4v) is 3.89. The number of methoxy groups -OCH3 is 1. The number of aromatic hydroxyl groups is 1. The maximum absolute atomic E-state index is 14.2. The van der Waals surface area contributed by atoms with Gasteiger partial charge in [-0.15, -0.1) is 0 Å². The summed E-state index contributed by atoms with van der Waals surface area (Å²) in [6, 6.07) is 13.0. The summed E-state index contributed by atoms with van der Waals surface area (Å²) in [7, 11) is 1.20. The highest BCUT2D eigenvalue weighted by molar-refractivity contribution is 5.93. The molecule has 0 aliphatic rings. The number of carbonyl (C=O) groups excluding carboxylic acids is 4. The number of amides is 3. The molecular weight excluding hydrogens is 502 g/mol. The number of nitrogens with zero attached hydrogens (tertiary/aromatic N) is 1.